The van der Waals surface area contributed by atoms with Gasteiger partial charge in [-0.05, 0) is 18.6 Å². The van der Waals surface area contributed by atoms with Gasteiger partial charge in [0.05, 0.1) is 36.1 Å². The van der Waals surface area contributed by atoms with Crippen molar-refractivity contribution in [1.29, 1.82) is 0 Å². The van der Waals surface area contributed by atoms with Crippen LogP contribution in [0.4, 0.5) is 0 Å². The molecule has 2 aromatic rings. The van der Waals surface area contributed by atoms with Crippen LogP contribution in [0, 0.1) is 0 Å². The van der Waals surface area contributed by atoms with E-state index in [0.717, 1.165) is 11.0 Å². The van der Waals surface area contributed by atoms with Crippen molar-refractivity contribution < 1.29 is 9.90 Å². The highest BCUT2D eigenvalue weighted by molar-refractivity contribution is 5.78. The summed E-state index contributed by atoms with van der Waals surface area (Å²) in [5.74, 6) is 0.0981. The Morgan fingerprint density at radius 3 is 2.90 bits per heavy atom. The summed E-state index contributed by atoms with van der Waals surface area (Å²) in [6.45, 7) is 3.50. The molecular formula is C15H19N3O2. The van der Waals surface area contributed by atoms with E-state index in [-0.39, 0.29) is 5.91 Å². The molecule has 0 aliphatic carbocycles. The summed E-state index contributed by atoms with van der Waals surface area (Å²) < 4.78 is 2.00. The highest BCUT2D eigenvalue weighted by Gasteiger charge is 2.41. The second kappa shape index (κ2) is 4.90. The lowest BCUT2D eigenvalue weighted by molar-refractivity contribution is -0.155. The predicted molar refractivity (Wildman–Crippen MR) is 76.2 cm³/mol. The first-order chi connectivity index (χ1) is 9.61. The van der Waals surface area contributed by atoms with Crippen molar-refractivity contribution in [3.8, 4) is 0 Å². The van der Waals surface area contributed by atoms with Crippen LogP contribution < -0.4 is 0 Å². The molecule has 0 bridgehead atoms. The Labute approximate surface area is 117 Å². The Hall–Kier alpha value is -1.88. The number of β-amino-alcohol motifs (C(OH)–C–C–N with tert-alkyl or cyclic N) is 1. The molecule has 2 heterocycles. The summed E-state index contributed by atoms with van der Waals surface area (Å²) in [4.78, 5) is 18.1. The van der Waals surface area contributed by atoms with Gasteiger partial charge in [-0.25, -0.2) is 4.98 Å². The number of para-hydroxylation sites is 2. The van der Waals surface area contributed by atoms with Crippen LogP contribution in [0.15, 0.2) is 30.6 Å². The smallest absolute Gasteiger partial charge is 0.224 e. The van der Waals surface area contributed by atoms with Gasteiger partial charge in [-0.1, -0.05) is 19.1 Å². The lowest BCUT2D eigenvalue weighted by Crippen LogP contribution is -2.63. The van der Waals surface area contributed by atoms with Gasteiger partial charge in [-0.15, -0.1) is 0 Å². The second-order valence-electron chi connectivity index (χ2n) is 5.50. The van der Waals surface area contributed by atoms with E-state index in [4.69, 9.17) is 0 Å². The number of aryl methyl sites for hydroxylation is 1. The molecule has 5 heteroatoms. The van der Waals surface area contributed by atoms with Gasteiger partial charge in [0.1, 0.15) is 0 Å². The maximum Gasteiger partial charge on any atom is 0.224 e. The van der Waals surface area contributed by atoms with Crippen LogP contribution in [0.25, 0.3) is 11.0 Å². The molecule has 1 aliphatic heterocycles. The molecule has 0 unspecified atom stereocenters. The van der Waals surface area contributed by atoms with Crippen molar-refractivity contribution in [2.45, 2.75) is 31.9 Å². The minimum absolute atomic E-state index is 0.0981. The maximum atomic E-state index is 12.0. The summed E-state index contributed by atoms with van der Waals surface area (Å²) in [7, 11) is 0. The molecule has 0 radical (unpaired) electrons. The number of aliphatic hydroxyl groups is 1. The summed E-state index contributed by atoms with van der Waals surface area (Å²) in [5, 5.41) is 9.92. The van der Waals surface area contributed by atoms with E-state index in [9.17, 15) is 9.90 Å². The lowest BCUT2D eigenvalue weighted by atomic mass is 9.91. The third kappa shape index (κ3) is 2.29. The molecule has 1 amide bonds. The van der Waals surface area contributed by atoms with E-state index >= 15 is 0 Å². The topological polar surface area (TPSA) is 58.4 Å². The number of amides is 1. The zero-order chi connectivity index (χ0) is 14.2. The molecular weight excluding hydrogens is 254 g/mol. The van der Waals surface area contributed by atoms with Gasteiger partial charge in [0, 0.05) is 13.0 Å². The normalized spacial score (nSPS) is 17.2. The average Bonchev–Trinajstić information content (AvgIpc) is 2.84. The van der Waals surface area contributed by atoms with E-state index in [1.54, 1.807) is 11.2 Å². The fraction of sp³-hybridized carbons (Fsp3) is 0.467. The summed E-state index contributed by atoms with van der Waals surface area (Å²) in [5.41, 5.74) is 1.34. The molecule has 106 valence electrons. The predicted octanol–water partition coefficient (Wildman–Crippen LogP) is 1.41. The molecule has 1 aromatic carbocycles. The number of aromatic nitrogens is 2. The van der Waals surface area contributed by atoms with Crippen LogP contribution in [0.1, 0.15) is 19.8 Å². The third-order valence-electron chi connectivity index (χ3n) is 4.08. The molecule has 1 aromatic heterocycles. The number of rotatable bonds is 4. The largest absolute Gasteiger partial charge is 0.386 e. The van der Waals surface area contributed by atoms with E-state index in [1.165, 1.54) is 0 Å². The molecule has 3 rings (SSSR count). The minimum atomic E-state index is -0.655. The number of fused-ring (bicyclic) bond motifs is 1. The van der Waals surface area contributed by atoms with Gasteiger partial charge in [-0.2, -0.15) is 0 Å². The number of likely N-dealkylation sites (tertiary alicyclic amines) is 1. The Morgan fingerprint density at radius 2 is 2.15 bits per heavy atom. The highest BCUT2D eigenvalue weighted by Crippen LogP contribution is 2.24. The van der Waals surface area contributed by atoms with Crippen molar-refractivity contribution in [2.75, 3.05) is 13.1 Å². The zero-order valence-corrected chi connectivity index (χ0v) is 11.6. The van der Waals surface area contributed by atoms with E-state index < -0.39 is 5.60 Å². The first kappa shape index (κ1) is 13.1. The van der Waals surface area contributed by atoms with Gasteiger partial charge >= 0.3 is 0 Å². The van der Waals surface area contributed by atoms with Crippen molar-refractivity contribution in [2.24, 2.45) is 0 Å². The average molecular weight is 273 g/mol. The number of carbonyl (C=O) groups excluding carboxylic acids is 1. The Balaban J connectivity index is 1.59. The molecule has 1 aliphatic rings. The third-order valence-corrected chi connectivity index (χ3v) is 4.08. The molecule has 0 saturated carbocycles. The molecule has 0 spiro atoms. The van der Waals surface area contributed by atoms with Gasteiger partial charge in [-0.3, -0.25) is 4.79 Å². The van der Waals surface area contributed by atoms with Gasteiger partial charge < -0.3 is 14.6 Å². The number of carbonyl (C=O) groups is 1. The zero-order valence-electron chi connectivity index (χ0n) is 11.6. The number of hydrogen-bond donors (Lipinski definition) is 1. The van der Waals surface area contributed by atoms with E-state index in [1.807, 2.05) is 35.8 Å². The van der Waals surface area contributed by atoms with Crippen molar-refractivity contribution in [3.63, 3.8) is 0 Å². The first-order valence-corrected chi connectivity index (χ1v) is 7.01. The highest BCUT2D eigenvalue weighted by atomic mass is 16.3. The van der Waals surface area contributed by atoms with Crippen LogP contribution in [-0.2, 0) is 11.3 Å². The Morgan fingerprint density at radius 1 is 1.40 bits per heavy atom. The number of imidazole rings is 1. The molecule has 20 heavy (non-hydrogen) atoms. The second-order valence-corrected chi connectivity index (χ2v) is 5.50. The monoisotopic (exact) mass is 273 g/mol. The molecule has 1 fully saturated rings. The molecule has 1 N–H and O–H groups in total. The fourth-order valence-electron chi connectivity index (χ4n) is 2.63. The minimum Gasteiger partial charge on any atom is -0.386 e. The van der Waals surface area contributed by atoms with Gasteiger partial charge in [0.2, 0.25) is 5.91 Å². The molecule has 5 nitrogen and oxygen atoms in total. The maximum absolute atomic E-state index is 12.0. The SMILES string of the molecule is CCC1(O)CN(C(=O)CCn2cnc3ccccc32)C1. The van der Waals surface area contributed by atoms with Gasteiger partial charge in [0.15, 0.2) is 0 Å². The van der Waals surface area contributed by atoms with E-state index in [0.29, 0.717) is 32.5 Å². The quantitative estimate of drug-likeness (QED) is 0.916. The van der Waals surface area contributed by atoms with Crippen molar-refractivity contribution in [1.82, 2.24) is 14.5 Å². The van der Waals surface area contributed by atoms with Crippen LogP contribution in [-0.4, -0.2) is 44.2 Å². The molecule has 1 saturated heterocycles. The standard InChI is InChI=1S/C15H19N3O2/c1-2-15(20)9-18(10-15)14(19)7-8-17-11-16-12-5-3-4-6-13(12)17/h3-6,11,20H,2,7-10H2,1H3. The fourth-order valence-corrected chi connectivity index (χ4v) is 2.63. The summed E-state index contributed by atoms with van der Waals surface area (Å²) in [6.07, 6.45) is 2.92. The van der Waals surface area contributed by atoms with E-state index in [2.05, 4.69) is 4.98 Å². The van der Waals surface area contributed by atoms with Crippen LogP contribution in [0.5, 0.6) is 0 Å². The number of nitrogens with zero attached hydrogens (tertiary/aromatic N) is 3. The molecule has 0 atom stereocenters. The lowest BCUT2D eigenvalue weighted by Gasteiger charge is -2.46. The van der Waals surface area contributed by atoms with Crippen LogP contribution in [0.3, 0.4) is 0 Å². The van der Waals surface area contributed by atoms with Crippen molar-refractivity contribution >= 4 is 16.9 Å². The first-order valence-electron chi connectivity index (χ1n) is 7.01. The number of benzene rings is 1. The summed E-state index contributed by atoms with van der Waals surface area (Å²) >= 11 is 0. The number of hydrogen-bond acceptors (Lipinski definition) is 3. The van der Waals surface area contributed by atoms with Gasteiger partial charge in [0.25, 0.3) is 0 Å². The Kier molecular flexibility index (Phi) is 3.22. The van der Waals surface area contributed by atoms with Crippen molar-refractivity contribution in [3.05, 3.63) is 30.6 Å². The van der Waals surface area contributed by atoms with Crippen LogP contribution >= 0.6 is 0 Å². The summed E-state index contributed by atoms with van der Waals surface area (Å²) in [6, 6.07) is 7.90. The Bertz CT molecular complexity index is 629. The van der Waals surface area contributed by atoms with Crippen LogP contribution in [0.2, 0.25) is 0 Å².